The zero-order chi connectivity index (χ0) is 16.4. The number of allylic oxidation sites excluding steroid dienone is 1. The SMILES string of the molecule is CNS(=O)(=O)CCc1ccc2[nH]cc(C3C=CN(C)CC3)c2c1. The summed E-state index contributed by atoms with van der Waals surface area (Å²) in [7, 11) is 0.370. The van der Waals surface area contributed by atoms with Gasteiger partial charge in [-0.3, -0.25) is 0 Å². The molecule has 5 nitrogen and oxygen atoms in total. The van der Waals surface area contributed by atoms with Gasteiger partial charge in [-0.05, 0) is 49.3 Å². The van der Waals surface area contributed by atoms with Gasteiger partial charge < -0.3 is 9.88 Å². The maximum Gasteiger partial charge on any atom is 0.211 e. The number of aromatic amines is 1. The summed E-state index contributed by atoms with van der Waals surface area (Å²) in [4.78, 5) is 5.52. The van der Waals surface area contributed by atoms with Crippen molar-refractivity contribution in [2.45, 2.75) is 18.8 Å². The van der Waals surface area contributed by atoms with Gasteiger partial charge in [0.2, 0.25) is 10.0 Å². The van der Waals surface area contributed by atoms with Crippen LogP contribution < -0.4 is 4.72 Å². The molecule has 1 aliphatic heterocycles. The van der Waals surface area contributed by atoms with Crippen molar-refractivity contribution in [3.63, 3.8) is 0 Å². The molecule has 0 amide bonds. The third-order valence-electron chi connectivity index (χ3n) is 4.51. The second-order valence-corrected chi connectivity index (χ2v) is 8.16. The van der Waals surface area contributed by atoms with Gasteiger partial charge in [0, 0.05) is 36.6 Å². The highest BCUT2D eigenvalue weighted by atomic mass is 32.2. The van der Waals surface area contributed by atoms with Crippen LogP contribution >= 0.6 is 0 Å². The lowest BCUT2D eigenvalue weighted by Crippen LogP contribution is -2.23. The Morgan fingerprint density at radius 1 is 1.39 bits per heavy atom. The molecule has 0 fully saturated rings. The van der Waals surface area contributed by atoms with E-state index in [1.807, 2.05) is 12.1 Å². The van der Waals surface area contributed by atoms with Crippen LogP contribution in [0.1, 0.15) is 23.5 Å². The minimum absolute atomic E-state index is 0.114. The maximum absolute atomic E-state index is 11.6. The quantitative estimate of drug-likeness (QED) is 0.881. The third-order valence-corrected chi connectivity index (χ3v) is 5.88. The summed E-state index contributed by atoms with van der Waals surface area (Å²) in [5, 5.41) is 1.20. The number of hydrogen-bond acceptors (Lipinski definition) is 3. The first-order valence-electron chi connectivity index (χ1n) is 7.88. The molecule has 2 aromatic rings. The topological polar surface area (TPSA) is 65.2 Å². The molecular formula is C17H23N3O2S. The average Bonchev–Trinajstić information content (AvgIpc) is 2.97. The number of nitrogens with zero attached hydrogens (tertiary/aromatic N) is 1. The van der Waals surface area contributed by atoms with Gasteiger partial charge in [-0.25, -0.2) is 13.1 Å². The summed E-state index contributed by atoms with van der Waals surface area (Å²) in [5.74, 6) is 0.527. The second-order valence-electron chi connectivity index (χ2n) is 6.11. The molecule has 0 aliphatic carbocycles. The lowest BCUT2D eigenvalue weighted by Gasteiger charge is -2.24. The molecule has 2 N–H and O–H groups in total. The van der Waals surface area contributed by atoms with Crippen LogP contribution in [0.15, 0.2) is 36.7 Å². The monoisotopic (exact) mass is 333 g/mol. The predicted octanol–water partition coefficient (Wildman–Crippen LogP) is 2.19. The number of benzene rings is 1. The highest BCUT2D eigenvalue weighted by molar-refractivity contribution is 7.89. The van der Waals surface area contributed by atoms with Crippen molar-refractivity contribution in [1.82, 2.24) is 14.6 Å². The number of sulfonamides is 1. The van der Waals surface area contributed by atoms with E-state index in [0.29, 0.717) is 12.3 Å². The molecule has 23 heavy (non-hydrogen) atoms. The van der Waals surface area contributed by atoms with Crippen molar-refractivity contribution in [3.8, 4) is 0 Å². The first kappa shape index (κ1) is 16.1. The Balaban J connectivity index is 1.87. The minimum Gasteiger partial charge on any atom is -0.381 e. The van der Waals surface area contributed by atoms with Crippen LogP contribution in [0.5, 0.6) is 0 Å². The van der Waals surface area contributed by atoms with Crippen molar-refractivity contribution >= 4 is 20.9 Å². The Hall–Kier alpha value is -1.79. The number of fused-ring (bicyclic) bond motifs is 1. The van der Waals surface area contributed by atoms with Crippen LogP contribution in [0.4, 0.5) is 0 Å². The van der Waals surface area contributed by atoms with Crippen LogP contribution in [0.3, 0.4) is 0 Å². The lowest BCUT2D eigenvalue weighted by molar-refractivity contribution is 0.409. The molecule has 2 heterocycles. The molecular weight excluding hydrogens is 310 g/mol. The fourth-order valence-corrected chi connectivity index (χ4v) is 3.74. The number of nitrogens with one attached hydrogen (secondary N) is 2. The average molecular weight is 333 g/mol. The summed E-state index contributed by atoms with van der Waals surface area (Å²) >= 11 is 0. The Morgan fingerprint density at radius 2 is 2.22 bits per heavy atom. The summed E-state index contributed by atoms with van der Waals surface area (Å²) in [5.41, 5.74) is 3.45. The Labute approximate surface area is 137 Å². The highest BCUT2D eigenvalue weighted by Crippen LogP contribution is 2.31. The molecule has 3 rings (SSSR count). The van der Waals surface area contributed by atoms with Gasteiger partial charge in [-0.15, -0.1) is 0 Å². The van der Waals surface area contributed by atoms with Crippen LogP contribution in [-0.2, 0) is 16.4 Å². The fourth-order valence-electron chi connectivity index (χ4n) is 3.03. The molecule has 0 saturated carbocycles. The minimum atomic E-state index is -3.17. The van der Waals surface area contributed by atoms with Crippen molar-refractivity contribution in [1.29, 1.82) is 0 Å². The molecule has 0 bridgehead atoms. The lowest BCUT2D eigenvalue weighted by atomic mass is 9.92. The van der Waals surface area contributed by atoms with Crippen molar-refractivity contribution in [2.75, 3.05) is 26.4 Å². The largest absolute Gasteiger partial charge is 0.381 e. The first-order chi connectivity index (χ1) is 11.0. The van der Waals surface area contributed by atoms with Crippen LogP contribution in [0.25, 0.3) is 10.9 Å². The maximum atomic E-state index is 11.6. The summed E-state index contributed by atoms with van der Waals surface area (Å²) in [6.45, 7) is 1.05. The zero-order valence-electron chi connectivity index (χ0n) is 13.5. The van der Waals surface area contributed by atoms with Gasteiger partial charge in [0.1, 0.15) is 0 Å². The highest BCUT2D eigenvalue weighted by Gasteiger charge is 2.17. The van der Waals surface area contributed by atoms with Crippen molar-refractivity contribution in [3.05, 3.63) is 47.8 Å². The standard InChI is InChI=1S/C17H23N3O2S/c1-18-23(21,22)10-7-13-3-4-17-15(11-13)16(12-19-17)14-5-8-20(2)9-6-14/h3-5,8,11-12,14,18-19H,6-7,9-10H2,1-2H3. The van der Waals surface area contributed by atoms with Gasteiger partial charge in [0.05, 0.1) is 5.75 Å². The van der Waals surface area contributed by atoms with E-state index in [0.717, 1.165) is 24.0 Å². The zero-order valence-corrected chi connectivity index (χ0v) is 14.4. The molecule has 1 aliphatic rings. The Bertz CT molecular complexity index is 823. The van der Waals surface area contributed by atoms with E-state index in [4.69, 9.17) is 0 Å². The van der Waals surface area contributed by atoms with Crippen molar-refractivity contribution < 1.29 is 8.42 Å². The Morgan fingerprint density at radius 3 is 2.91 bits per heavy atom. The molecule has 1 atom stereocenters. The first-order valence-corrected chi connectivity index (χ1v) is 9.53. The number of rotatable bonds is 5. The number of aromatic nitrogens is 1. The van der Waals surface area contributed by atoms with Gasteiger partial charge in [0.25, 0.3) is 0 Å². The molecule has 1 aromatic carbocycles. The van der Waals surface area contributed by atoms with E-state index in [9.17, 15) is 8.42 Å². The van der Waals surface area contributed by atoms with E-state index in [2.05, 4.69) is 46.2 Å². The molecule has 0 spiro atoms. The van der Waals surface area contributed by atoms with E-state index >= 15 is 0 Å². The predicted molar refractivity (Wildman–Crippen MR) is 94.0 cm³/mol. The summed E-state index contributed by atoms with van der Waals surface area (Å²) in [6.07, 6.45) is 8.07. The third kappa shape index (κ3) is 3.59. The molecule has 0 saturated heterocycles. The van der Waals surface area contributed by atoms with E-state index in [-0.39, 0.29) is 5.75 Å². The van der Waals surface area contributed by atoms with Crippen LogP contribution in [-0.4, -0.2) is 44.7 Å². The van der Waals surface area contributed by atoms with Gasteiger partial charge >= 0.3 is 0 Å². The smallest absolute Gasteiger partial charge is 0.211 e. The van der Waals surface area contributed by atoms with E-state index in [1.165, 1.54) is 18.0 Å². The fraction of sp³-hybridized carbons (Fsp3) is 0.412. The van der Waals surface area contributed by atoms with E-state index < -0.39 is 10.0 Å². The Kier molecular flexibility index (Phi) is 4.46. The van der Waals surface area contributed by atoms with Crippen LogP contribution in [0, 0.1) is 0 Å². The van der Waals surface area contributed by atoms with E-state index in [1.54, 1.807) is 0 Å². The summed E-state index contributed by atoms with van der Waals surface area (Å²) < 4.78 is 25.6. The molecule has 124 valence electrons. The number of hydrogen-bond donors (Lipinski definition) is 2. The molecule has 1 unspecified atom stereocenters. The van der Waals surface area contributed by atoms with Crippen molar-refractivity contribution in [2.24, 2.45) is 0 Å². The molecule has 1 aromatic heterocycles. The number of aryl methyl sites for hydroxylation is 1. The normalized spacial score (nSPS) is 18.7. The molecule has 0 radical (unpaired) electrons. The van der Waals surface area contributed by atoms with Gasteiger partial charge in [0.15, 0.2) is 0 Å². The van der Waals surface area contributed by atoms with Gasteiger partial charge in [-0.1, -0.05) is 12.1 Å². The second kappa shape index (κ2) is 6.37. The molecule has 6 heteroatoms. The summed E-state index contributed by atoms with van der Waals surface area (Å²) in [6, 6.07) is 6.16. The number of H-pyrrole nitrogens is 1. The van der Waals surface area contributed by atoms with Gasteiger partial charge in [-0.2, -0.15) is 0 Å². The van der Waals surface area contributed by atoms with Crippen LogP contribution in [0.2, 0.25) is 0 Å².